The number of hydrogen-bond acceptors (Lipinski definition) is 3. The molecule has 1 amide bonds. The Morgan fingerprint density at radius 3 is 2.81 bits per heavy atom. The lowest BCUT2D eigenvalue weighted by Gasteiger charge is -2.20. The third-order valence-electron chi connectivity index (χ3n) is 2.83. The quantitative estimate of drug-likeness (QED) is 0.828. The van der Waals surface area contributed by atoms with Crippen LogP contribution in [0.25, 0.3) is 0 Å². The highest BCUT2D eigenvalue weighted by atomic mass is 16.2. The van der Waals surface area contributed by atoms with Gasteiger partial charge < -0.3 is 10.6 Å². The van der Waals surface area contributed by atoms with E-state index in [9.17, 15) is 4.79 Å². The van der Waals surface area contributed by atoms with Gasteiger partial charge in [-0.15, -0.1) is 0 Å². The molecule has 1 heterocycles. The Bertz CT molecular complexity index is 370. The van der Waals surface area contributed by atoms with Crippen molar-refractivity contribution in [2.75, 3.05) is 12.3 Å². The lowest BCUT2D eigenvalue weighted by Crippen LogP contribution is -2.34. The molecule has 0 unspecified atom stereocenters. The van der Waals surface area contributed by atoms with Crippen LogP contribution in [0.15, 0.2) is 18.3 Å². The van der Waals surface area contributed by atoms with Gasteiger partial charge in [0.05, 0.1) is 18.3 Å². The zero-order valence-corrected chi connectivity index (χ0v) is 9.52. The van der Waals surface area contributed by atoms with Crippen molar-refractivity contribution in [2.45, 2.75) is 32.2 Å². The second kappa shape index (κ2) is 4.51. The van der Waals surface area contributed by atoms with Crippen LogP contribution in [0.4, 0.5) is 5.69 Å². The largest absolute Gasteiger partial charge is 0.397 e. The molecule has 0 radical (unpaired) electrons. The maximum atomic E-state index is 12.0. The summed E-state index contributed by atoms with van der Waals surface area (Å²) < 4.78 is 0. The molecule has 2 N–H and O–H groups in total. The molecule has 0 saturated heterocycles. The summed E-state index contributed by atoms with van der Waals surface area (Å²) >= 11 is 0. The van der Waals surface area contributed by atoms with Crippen LogP contribution in [-0.4, -0.2) is 28.4 Å². The van der Waals surface area contributed by atoms with Crippen LogP contribution in [0.1, 0.15) is 25.5 Å². The molecule has 0 atom stereocenters. The van der Waals surface area contributed by atoms with Gasteiger partial charge in [-0.25, -0.2) is 0 Å². The number of hydrogen-bond donors (Lipinski definition) is 1. The lowest BCUT2D eigenvalue weighted by molar-refractivity contribution is -0.130. The second-order valence-electron chi connectivity index (χ2n) is 4.17. The van der Waals surface area contributed by atoms with Crippen LogP contribution in [0, 0.1) is 0 Å². The van der Waals surface area contributed by atoms with Gasteiger partial charge >= 0.3 is 0 Å². The average Bonchev–Trinajstić information content (AvgIpc) is 3.07. The number of likely N-dealkylation sites (N-methyl/N-ethyl adjacent to an activating group) is 1. The summed E-state index contributed by atoms with van der Waals surface area (Å²) in [6.07, 6.45) is 4.27. The van der Waals surface area contributed by atoms with Crippen LogP contribution in [0.2, 0.25) is 0 Å². The number of nitrogen functional groups attached to an aromatic ring is 1. The molecule has 4 nitrogen and oxygen atoms in total. The van der Waals surface area contributed by atoms with Crippen molar-refractivity contribution in [2.24, 2.45) is 0 Å². The molecule has 1 aromatic rings. The molecule has 1 aromatic heterocycles. The number of rotatable bonds is 4. The Morgan fingerprint density at radius 2 is 2.31 bits per heavy atom. The van der Waals surface area contributed by atoms with Crippen molar-refractivity contribution >= 4 is 11.6 Å². The van der Waals surface area contributed by atoms with E-state index in [1.165, 1.54) is 0 Å². The van der Waals surface area contributed by atoms with E-state index in [4.69, 9.17) is 5.73 Å². The minimum Gasteiger partial charge on any atom is -0.397 e. The minimum absolute atomic E-state index is 0.169. The fraction of sp³-hybridized carbons (Fsp3) is 0.500. The Balaban J connectivity index is 1.97. The summed E-state index contributed by atoms with van der Waals surface area (Å²) in [5.74, 6) is 0.169. The number of nitrogens with zero attached hydrogens (tertiary/aromatic N) is 2. The van der Waals surface area contributed by atoms with Crippen LogP contribution in [0.5, 0.6) is 0 Å². The van der Waals surface area contributed by atoms with Crippen molar-refractivity contribution < 1.29 is 4.79 Å². The van der Waals surface area contributed by atoms with E-state index >= 15 is 0 Å². The van der Waals surface area contributed by atoms with Gasteiger partial charge in [-0.2, -0.15) is 0 Å². The molecule has 1 aliphatic rings. The van der Waals surface area contributed by atoms with Crippen molar-refractivity contribution in [1.82, 2.24) is 9.88 Å². The van der Waals surface area contributed by atoms with Crippen LogP contribution in [0.3, 0.4) is 0 Å². The predicted molar refractivity (Wildman–Crippen MR) is 62.8 cm³/mol. The third kappa shape index (κ3) is 2.51. The number of nitrogens with two attached hydrogens (primary N) is 1. The summed E-state index contributed by atoms with van der Waals surface area (Å²) in [5, 5.41) is 0. The normalized spacial score (nSPS) is 14.8. The topological polar surface area (TPSA) is 59.2 Å². The number of pyridine rings is 1. The first kappa shape index (κ1) is 10.9. The van der Waals surface area contributed by atoms with E-state index in [0.29, 0.717) is 18.2 Å². The summed E-state index contributed by atoms with van der Waals surface area (Å²) in [7, 11) is 0. The van der Waals surface area contributed by atoms with Crippen molar-refractivity contribution in [1.29, 1.82) is 0 Å². The third-order valence-corrected chi connectivity index (χ3v) is 2.83. The first-order valence-electron chi connectivity index (χ1n) is 5.70. The van der Waals surface area contributed by atoms with Crippen molar-refractivity contribution in [3.05, 3.63) is 24.0 Å². The molecule has 4 heteroatoms. The average molecular weight is 219 g/mol. The number of amides is 1. The molecule has 1 saturated carbocycles. The SMILES string of the molecule is CCN(C(=O)Cc1ccc(N)cn1)C1CC1. The summed E-state index contributed by atoms with van der Waals surface area (Å²) in [6.45, 7) is 2.81. The van der Waals surface area contributed by atoms with Gasteiger partial charge in [0.25, 0.3) is 0 Å². The van der Waals surface area contributed by atoms with E-state index in [0.717, 1.165) is 25.1 Å². The molecule has 0 bridgehead atoms. The monoisotopic (exact) mass is 219 g/mol. The number of anilines is 1. The molecule has 86 valence electrons. The van der Waals surface area contributed by atoms with Gasteiger partial charge in [0, 0.05) is 18.3 Å². The van der Waals surface area contributed by atoms with Crippen LogP contribution in [-0.2, 0) is 11.2 Å². The first-order chi connectivity index (χ1) is 7.70. The highest BCUT2D eigenvalue weighted by molar-refractivity contribution is 5.79. The minimum atomic E-state index is 0.169. The first-order valence-corrected chi connectivity index (χ1v) is 5.70. The van der Waals surface area contributed by atoms with Crippen molar-refractivity contribution in [3.8, 4) is 0 Å². The van der Waals surface area contributed by atoms with Gasteiger partial charge in [0.2, 0.25) is 5.91 Å². The molecular weight excluding hydrogens is 202 g/mol. The highest BCUT2D eigenvalue weighted by Gasteiger charge is 2.31. The molecule has 1 aliphatic carbocycles. The Hall–Kier alpha value is -1.58. The lowest BCUT2D eigenvalue weighted by atomic mass is 10.2. The van der Waals surface area contributed by atoms with E-state index < -0.39 is 0 Å². The summed E-state index contributed by atoms with van der Waals surface area (Å²) in [5.41, 5.74) is 6.96. The molecule has 2 rings (SSSR count). The van der Waals surface area contributed by atoms with Gasteiger partial charge in [0.1, 0.15) is 0 Å². The van der Waals surface area contributed by atoms with E-state index in [1.807, 2.05) is 17.9 Å². The zero-order chi connectivity index (χ0) is 11.5. The van der Waals surface area contributed by atoms with E-state index in [1.54, 1.807) is 12.3 Å². The Kier molecular flexibility index (Phi) is 3.08. The molecule has 0 aliphatic heterocycles. The van der Waals surface area contributed by atoms with Gasteiger partial charge in [-0.05, 0) is 31.9 Å². The zero-order valence-electron chi connectivity index (χ0n) is 9.52. The van der Waals surface area contributed by atoms with Gasteiger partial charge in [-0.1, -0.05) is 0 Å². The second-order valence-corrected chi connectivity index (χ2v) is 4.17. The van der Waals surface area contributed by atoms with Gasteiger partial charge in [-0.3, -0.25) is 9.78 Å². The molecule has 1 fully saturated rings. The van der Waals surface area contributed by atoms with E-state index in [2.05, 4.69) is 4.98 Å². The molecule has 16 heavy (non-hydrogen) atoms. The van der Waals surface area contributed by atoms with E-state index in [-0.39, 0.29) is 5.91 Å². The number of carbonyl (C=O) groups is 1. The maximum Gasteiger partial charge on any atom is 0.228 e. The highest BCUT2D eigenvalue weighted by Crippen LogP contribution is 2.26. The van der Waals surface area contributed by atoms with Crippen molar-refractivity contribution in [3.63, 3.8) is 0 Å². The number of aromatic nitrogens is 1. The number of carbonyl (C=O) groups excluding carboxylic acids is 1. The standard InChI is InChI=1S/C12H17N3O/c1-2-15(11-5-6-11)12(16)7-10-4-3-9(13)8-14-10/h3-4,8,11H,2,5-7,13H2,1H3. The van der Waals surface area contributed by atoms with Crippen LogP contribution < -0.4 is 5.73 Å². The fourth-order valence-corrected chi connectivity index (χ4v) is 1.82. The Morgan fingerprint density at radius 1 is 1.56 bits per heavy atom. The van der Waals surface area contributed by atoms with Gasteiger partial charge in [0.15, 0.2) is 0 Å². The van der Waals surface area contributed by atoms with Crippen LogP contribution >= 0.6 is 0 Å². The summed E-state index contributed by atoms with van der Waals surface area (Å²) in [4.78, 5) is 18.0. The maximum absolute atomic E-state index is 12.0. The Labute approximate surface area is 95.5 Å². The molecule has 0 aromatic carbocycles. The predicted octanol–water partition coefficient (Wildman–Crippen LogP) is 1.22. The smallest absolute Gasteiger partial charge is 0.228 e. The molecular formula is C12H17N3O. The summed E-state index contributed by atoms with van der Waals surface area (Å²) in [6, 6.07) is 4.07. The molecule has 0 spiro atoms. The fourth-order valence-electron chi connectivity index (χ4n) is 1.82.